The molecule has 0 atom stereocenters. The Morgan fingerprint density at radius 1 is 0.771 bits per heavy atom. The minimum atomic E-state index is -0.273. The second-order valence-corrected chi connectivity index (χ2v) is 9.07. The molecule has 0 unspecified atom stereocenters. The van der Waals surface area contributed by atoms with Crippen molar-refractivity contribution in [3.63, 3.8) is 0 Å². The fourth-order valence-electron chi connectivity index (χ4n) is 5.19. The summed E-state index contributed by atoms with van der Waals surface area (Å²) in [5, 5.41) is 5.19. The Hall–Kier alpha value is -3.81. The van der Waals surface area contributed by atoms with Crippen LogP contribution in [0, 0.1) is 0 Å². The van der Waals surface area contributed by atoms with Crippen LogP contribution >= 0.6 is 0 Å². The van der Waals surface area contributed by atoms with Crippen molar-refractivity contribution in [1.29, 1.82) is 0 Å². The largest absolute Gasteiger partial charge is 0.456 e. The highest BCUT2D eigenvalue weighted by atomic mass is 16.3. The maximum absolute atomic E-state index is 13.4. The number of nitrogens with one attached hydrogen (secondary N) is 1. The van der Waals surface area contributed by atoms with Crippen molar-refractivity contribution in [1.82, 2.24) is 15.1 Å². The first kappa shape index (κ1) is 21.7. The smallest absolute Gasteiger partial charge is 0.261 e. The molecule has 2 amide bonds. The van der Waals surface area contributed by atoms with Gasteiger partial charge in [-0.1, -0.05) is 24.3 Å². The molecule has 1 fully saturated rings. The van der Waals surface area contributed by atoms with E-state index in [9.17, 15) is 14.4 Å². The summed E-state index contributed by atoms with van der Waals surface area (Å²) in [5.74, 6) is -0.133. The minimum Gasteiger partial charge on any atom is -0.456 e. The van der Waals surface area contributed by atoms with Crippen molar-refractivity contribution in [3.05, 3.63) is 82.0 Å². The molecule has 3 aromatic carbocycles. The van der Waals surface area contributed by atoms with E-state index < -0.39 is 0 Å². The lowest BCUT2D eigenvalue weighted by Gasteiger charge is -2.30. The van der Waals surface area contributed by atoms with Crippen LogP contribution in [-0.4, -0.2) is 60.9 Å². The van der Waals surface area contributed by atoms with Gasteiger partial charge in [0.05, 0.1) is 5.39 Å². The molecule has 7 nitrogen and oxygen atoms in total. The normalized spacial score (nSPS) is 16.4. The van der Waals surface area contributed by atoms with Gasteiger partial charge in [-0.15, -0.1) is 0 Å². The third-order valence-corrected chi connectivity index (χ3v) is 6.96. The first-order chi connectivity index (χ1) is 17.1. The topological polar surface area (TPSA) is 82.9 Å². The van der Waals surface area contributed by atoms with Crippen molar-refractivity contribution in [3.8, 4) is 11.3 Å². The van der Waals surface area contributed by atoms with Crippen molar-refractivity contribution >= 4 is 33.6 Å². The Morgan fingerprint density at radius 3 is 2.31 bits per heavy atom. The average Bonchev–Trinajstić information content (AvgIpc) is 2.89. The Kier molecular flexibility index (Phi) is 5.43. The predicted octanol–water partition coefficient (Wildman–Crippen LogP) is 3.50. The maximum atomic E-state index is 13.4. The molecule has 35 heavy (non-hydrogen) atoms. The fraction of sp³-hybridized carbons (Fsp3) is 0.250. The highest BCUT2D eigenvalue weighted by Gasteiger charge is 2.33. The Morgan fingerprint density at radius 2 is 1.49 bits per heavy atom. The van der Waals surface area contributed by atoms with Crippen LogP contribution in [0.25, 0.3) is 33.1 Å². The third kappa shape index (κ3) is 3.73. The Bertz CT molecular complexity index is 1510. The number of nitrogens with zero attached hydrogens (tertiary/aromatic N) is 2. The standard InChI is InChI=1S/C28H25N3O4/c32-23-17-25(35-24-8-2-1-5-20(23)24)18-9-10-22-26-19(18)6-3-7-21(26)27(33)31(28(22)34)14-4-13-30-15-11-29-12-16-30/h1-3,5-10,17,29H,4,11-16H2. The summed E-state index contributed by atoms with van der Waals surface area (Å²) in [5.41, 5.74) is 2.05. The number of amides is 2. The van der Waals surface area contributed by atoms with Gasteiger partial charge in [-0.05, 0) is 48.7 Å². The summed E-state index contributed by atoms with van der Waals surface area (Å²) in [6.07, 6.45) is 0.739. The molecule has 0 radical (unpaired) electrons. The number of carbonyl (C=O) groups excluding carboxylic acids is 2. The molecule has 2 aliphatic heterocycles. The van der Waals surface area contributed by atoms with Crippen LogP contribution in [0.15, 0.2) is 69.9 Å². The average molecular weight is 468 g/mol. The van der Waals surface area contributed by atoms with E-state index in [-0.39, 0.29) is 17.2 Å². The van der Waals surface area contributed by atoms with E-state index in [2.05, 4.69) is 10.2 Å². The zero-order valence-corrected chi connectivity index (χ0v) is 19.3. The van der Waals surface area contributed by atoms with Gasteiger partial charge in [0.1, 0.15) is 11.3 Å². The van der Waals surface area contributed by atoms with Gasteiger partial charge in [-0.25, -0.2) is 0 Å². The van der Waals surface area contributed by atoms with Crippen molar-refractivity contribution in [2.75, 3.05) is 39.3 Å². The molecule has 7 heteroatoms. The number of piperazine rings is 1. The monoisotopic (exact) mass is 467 g/mol. The number of imide groups is 1. The number of hydrogen-bond acceptors (Lipinski definition) is 6. The first-order valence-electron chi connectivity index (χ1n) is 12.0. The number of rotatable bonds is 5. The van der Waals surface area contributed by atoms with Gasteiger partial charge >= 0.3 is 0 Å². The molecule has 6 rings (SSSR count). The van der Waals surface area contributed by atoms with Gasteiger partial charge in [0.15, 0.2) is 5.43 Å². The highest BCUT2D eigenvalue weighted by molar-refractivity contribution is 6.26. The third-order valence-electron chi connectivity index (χ3n) is 6.96. The zero-order valence-electron chi connectivity index (χ0n) is 19.3. The Balaban J connectivity index is 1.36. The van der Waals surface area contributed by atoms with E-state index in [0.29, 0.717) is 45.4 Å². The van der Waals surface area contributed by atoms with Crippen LogP contribution in [0.4, 0.5) is 0 Å². The lowest BCUT2D eigenvalue weighted by molar-refractivity contribution is 0.0603. The predicted molar refractivity (Wildman–Crippen MR) is 135 cm³/mol. The molecule has 0 aliphatic carbocycles. The summed E-state index contributed by atoms with van der Waals surface area (Å²) in [6, 6.07) is 17.6. The molecule has 0 bridgehead atoms. The van der Waals surface area contributed by atoms with E-state index in [4.69, 9.17) is 4.42 Å². The minimum absolute atomic E-state index is 0.134. The molecule has 0 saturated carbocycles. The van der Waals surface area contributed by atoms with Gasteiger partial charge < -0.3 is 14.6 Å². The highest BCUT2D eigenvalue weighted by Crippen LogP contribution is 2.36. The SMILES string of the molecule is O=C1c2cccc3c(-c4cc(=O)c5ccccc5o4)ccc(c23)C(=O)N1CCCN1CCNCC1. The van der Waals surface area contributed by atoms with Crippen LogP contribution in [0.2, 0.25) is 0 Å². The molecule has 1 saturated heterocycles. The van der Waals surface area contributed by atoms with E-state index in [1.54, 1.807) is 36.4 Å². The molecule has 176 valence electrons. The quantitative estimate of drug-likeness (QED) is 0.453. The van der Waals surface area contributed by atoms with Crippen LogP contribution < -0.4 is 10.7 Å². The van der Waals surface area contributed by atoms with Gasteiger partial charge in [0.25, 0.3) is 11.8 Å². The lowest BCUT2D eigenvalue weighted by Crippen LogP contribution is -2.45. The van der Waals surface area contributed by atoms with E-state index in [0.717, 1.165) is 44.5 Å². The number of hydrogen-bond donors (Lipinski definition) is 1. The molecule has 0 spiro atoms. The summed E-state index contributed by atoms with van der Waals surface area (Å²) in [6.45, 7) is 5.15. The molecular weight excluding hydrogens is 442 g/mol. The van der Waals surface area contributed by atoms with Crippen LogP contribution in [0.5, 0.6) is 0 Å². The van der Waals surface area contributed by atoms with Gasteiger partial charge in [-0.2, -0.15) is 0 Å². The summed E-state index contributed by atoms with van der Waals surface area (Å²) in [7, 11) is 0. The number of para-hydroxylation sites is 1. The molecule has 4 aromatic rings. The van der Waals surface area contributed by atoms with E-state index in [1.165, 1.54) is 11.0 Å². The maximum Gasteiger partial charge on any atom is 0.261 e. The second kappa shape index (κ2) is 8.76. The van der Waals surface area contributed by atoms with Crippen LogP contribution in [0.3, 0.4) is 0 Å². The van der Waals surface area contributed by atoms with E-state index >= 15 is 0 Å². The Labute approximate surface area is 201 Å². The number of carbonyl (C=O) groups is 2. The molecule has 2 aliphatic rings. The van der Waals surface area contributed by atoms with Crippen LogP contribution in [0.1, 0.15) is 27.1 Å². The zero-order chi connectivity index (χ0) is 23.9. The van der Waals surface area contributed by atoms with Gasteiger partial charge in [-0.3, -0.25) is 19.3 Å². The van der Waals surface area contributed by atoms with E-state index in [1.807, 2.05) is 18.2 Å². The van der Waals surface area contributed by atoms with Crippen molar-refractivity contribution in [2.45, 2.75) is 6.42 Å². The summed E-state index contributed by atoms with van der Waals surface area (Å²) in [4.78, 5) is 43.2. The second-order valence-electron chi connectivity index (χ2n) is 9.07. The lowest BCUT2D eigenvalue weighted by atomic mass is 9.90. The molecule has 1 N–H and O–H groups in total. The fourth-order valence-corrected chi connectivity index (χ4v) is 5.19. The molecule has 1 aromatic heterocycles. The van der Waals surface area contributed by atoms with Crippen molar-refractivity contribution in [2.24, 2.45) is 0 Å². The number of benzene rings is 3. The van der Waals surface area contributed by atoms with Crippen molar-refractivity contribution < 1.29 is 14.0 Å². The molecule has 3 heterocycles. The number of fused-ring (bicyclic) bond motifs is 1. The van der Waals surface area contributed by atoms with Gasteiger partial charge in [0.2, 0.25) is 0 Å². The molecular formula is C28H25N3O4. The summed E-state index contributed by atoms with van der Waals surface area (Å²) < 4.78 is 6.06. The summed E-state index contributed by atoms with van der Waals surface area (Å²) >= 11 is 0. The van der Waals surface area contributed by atoms with Crippen LogP contribution in [-0.2, 0) is 0 Å². The first-order valence-corrected chi connectivity index (χ1v) is 12.0. The van der Waals surface area contributed by atoms with Gasteiger partial charge in [0, 0.05) is 60.9 Å².